The summed E-state index contributed by atoms with van der Waals surface area (Å²) in [6, 6.07) is 0. The summed E-state index contributed by atoms with van der Waals surface area (Å²) < 4.78 is 1.69. The molecule has 5 nitrogen and oxygen atoms in total. The highest BCUT2D eigenvalue weighted by molar-refractivity contribution is 5.85. The maximum absolute atomic E-state index is 5.82. The van der Waals surface area contributed by atoms with Gasteiger partial charge >= 0.3 is 0 Å². The molecule has 0 aromatic carbocycles. The molecule has 1 aromatic heterocycles. The maximum Gasteiger partial charge on any atom is 0.152 e. The van der Waals surface area contributed by atoms with E-state index < -0.39 is 0 Å². The van der Waals surface area contributed by atoms with E-state index >= 15 is 0 Å². The van der Waals surface area contributed by atoms with Crippen LogP contribution in [0.3, 0.4) is 0 Å². The average molecular weight is 209 g/mol. The van der Waals surface area contributed by atoms with Gasteiger partial charge in [-0.1, -0.05) is 20.8 Å². The van der Waals surface area contributed by atoms with E-state index in [9.17, 15) is 0 Å². The lowest BCUT2D eigenvalue weighted by Gasteiger charge is -2.17. The van der Waals surface area contributed by atoms with Gasteiger partial charge in [-0.25, -0.2) is 4.98 Å². The third-order valence-corrected chi connectivity index (χ3v) is 2.03. The SMILES string of the molecule is Cn1cnc(CCN=C(N)C(C)(C)C)n1. The number of aryl methyl sites for hydroxylation is 1. The Bertz CT molecular complexity index is 345. The molecule has 0 spiro atoms. The van der Waals surface area contributed by atoms with Crippen molar-refractivity contribution in [2.75, 3.05) is 6.54 Å². The topological polar surface area (TPSA) is 69.1 Å². The number of nitrogens with two attached hydrogens (primary N) is 1. The van der Waals surface area contributed by atoms with Crippen LogP contribution in [0.25, 0.3) is 0 Å². The summed E-state index contributed by atoms with van der Waals surface area (Å²) in [4.78, 5) is 8.42. The second-order valence-corrected chi connectivity index (χ2v) is 4.60. The third-order valence-electron chi connectivity index (χ3n) is 2.03. The molecule has 0 unspecified atom stereocenters. The lowest BCUT2D eigenvalue weighted by molar-refractivity contribution is 0.581. The molecule has 0 aliphatic rings. The molecule has 1 aromatic rings. The van der Waals surface area contributed by atoms with Crippen LogP contribution >= 0.6 is 0 Å². The zero-order chi connectivity index (χ0) is 11.5. The minimum Gasteiger partial charge on any atom is -0.387 e. The van der Waals surface area contributed by atoms with E-state index in [1.807, 2.05) is 27.8 Å². The van der Waals surface area contributed by atoms with Gasteiger partial charge in [0.25, 0.3) is 0 Å². The zero-order valence-electron chi connectivity index (χ0n) is 9.86. The van der Waals surface area contributed by atoms with Crippen molar-refractivity contribution in [3.05, 3.63) is 12.2 Å². The molecule has 0 atom stereocenters. The molecule has 0 aliphatic heterocycles. The van der Waals surface area contributed by atoms with Crippen molar-refractivity contribution in [3.8, 4) is 0 Å². The van der Waals surface area contributed by atoms with Gasteiger partial charge in [0.2, 0.25) is 0 Å². The third kappa shape index (κ3) is 3.69. The van der Waals surface area contributed by atoms with E-state index in [1.54, 1.807) is 11.0 Å². The molecule has 0 aliphatic carbocycles. The average Bonchev–Trinajstić information content (AvgIpc) is 2.49. The van der Waals surface area contributed by atoms with Crippen molar-refractivity contribution < 1.29 is 0 Å². The molecular weight excluding hydrogens is 190 g/mol. The normalized spacial score (nSPS) is 13.2. The first-order valence-corrected chi connectivity index (χ1v) is 5.04. The second kappa shape index (κ2) is 4.42. The van der Waals surface area contributed by atoms with Gasteiger partial charge in [-0.3, -0.25) is 9.67 Å². The van der Waals surface area contributed by atoms with E-state index in [0.29, 0.717) is 12.4 Å². The highest BCUT2D eigenvalue weighted by Gasteiger charge is 2.14. The number of aliphatic imine (C=N–C) groups is 1. The Morgan fingerprint density at radius 2 is 2.20 bits per heavy atom. The molecule has 84 valence electrons. The molecule has 15 heavy (non-hydrogen) atoms. The molecule has 0 saturated carbocycles. The largest absolute Gasteiger partial charge is 0.387 e. The first kappa shape index (κ1) is 11.7. The minimum absolute atomic E-state index is 0.0580. The smallest absolute Gasteiger partial charge is 0.152 e. The van der Waals surface area contributed by atoms with E-state index in [4.69, 9.17) is 5.73 Å². The van der Waals surface area contributed by atoms with Crippen LogP contribution in [0.5, 0.6) is 0 Å². The van der Waals surface area contributed by atoms with Gasteiger partial charge in [0.1, 0.15) is 6.33 Å². The Morgan fingerprint density at radius 1 is 1.53 bits per heavy atom. The van der Waals surface area contributed by atoms with Crippen LogP contribution in [-0.4, -0.2) is 27.1 Å². The number of aromatic nitrogens is 3. The molecule has 1 heterocycles. The van der Waals surface area contributed by atoms with Crippen LogP contribution in [0.4, 0.5) is 0 Å². The maximum atomic E-state index is 5.82. The number of hydrogen-bond donors (Lipinski definition) is 1. The Hall–Kier alpha value is -1.39. The number of amidine groups is 1. The molecule has 0 bridgehead atoms. The fourth-order valence-electron chi connectivity index (χ4n) is 1.01. The lowest BCUT2D eigenvalue weighted by Crippen LogP contribution is -2.29. The first-order valence-electron chi connectivity index (χ1n) is 5.04. The highest BCUT2D eigenvalue weighted by Crippen LogP contribution is 2.12. The van der Waals surface area contributed by atoms with Gasteiger partial charge in [0, 0.05) is 25.4 Å². The van der Waals surface area contributed by atoms with Gasteiger partial charge in [-0.15, -0.1) is 0 Å². The van der Waals surface area contributed by atoms with Crippen LogP contribution in [0, 0.1) is 5.41 Å². The van der Waals surface area contributed by atoms with Gasteiger partial charge in [0.05, 0.1) is 5.84 Å². The molecule has 0 amide bonds. The summed E-state index contributed by atoms with van der Waals surface area (Å²) in [5, 5.41) is 4.17. The van der Waals surface area contributed by atoms with Crippen LogP contribution in [-0.2, 0) is 13.5 Å². The van der Waals surface area contributed by atoms with Crippen LogP contribution < -0.4 is 5.73 Å². The Kier molecular flexibility index (Phi) is 3.44. The molecule has 2 N–H and O–H groups in total. The van der Waals surface area contributed by atoms with Crippen molar-refractivity contribution >= 4 is 5.84 Å². The standard InChI is InChI=1S/C10H19N5/c1-10(2,3)9(11)12-6-5-8-13-7-15(4)14-8/h7H,5-6H2,1-4H3,(H2,11,12). The predicted molar refractivity (Wildman–Crippen MR) is 60.7 cm³/mol. The van der Waals surface area contributed by atoms with Crippen LogP contribution in [0.1, 0.15) is 26.6 Å². The highest BCUT2D eigenvalue weighted by atomic mass is 15.3. The van der Waals surface area contributed by atoms with E-state index in [2.05, 4.69) is 15.1 Å². The fourth-order valence-corrected chi connectivity index (χ4v) is 1.01. The molecule has 0 fully saturated rings. The molecule has 5 heteroatoms. The Labute approximate surface area is 90.4 Å². The number of nitrogens with zero attached hydrogens (tertiary/aromatic N) is 4. The van der Waals surface area contributed by atoms with Gasteiger partial charge in [-0.05, 0) is 0 Å². The molecule has 0 radical (unpaired) electrons. The second-order valence-electron chi connectivity index (χ2n) is 4.60. The van der Waals surface area contributed by atoms with E-state index in [-0.39, 0.29) is 5.41 Å². The Morgan fingerprint density at radius 3 is 2.67 bits per heavy atom. The molecular formula is C10H19N5. The summed E-state index contributed by atoms with van der Waals surface area (Å²) >= 11 is 0. The number of rotatable bonds is 3. The number of hydrogen-bond acceptors (Lipinski definition) is 3. The van der Waals surface area contributed by atoms with Gasteiger partial charge in [0.15, 0.2) is 5.82 Å². The Balaban J connectivity index is 2.45. The summed E-state index contributed by atoms with van der Waals surface area (Å²) in [6.07, 6.45) is 2.42. The molecule has 1 rings (SSSR count). The monoisotopic (exact) mass is 209 g/mol. The van der Waals surface area contributed by atoms with Gasteiger partial charge in [-0.2, -0.15) is 5.10 Å². The quantitative estimate of drug-likeness (QED) is 0.590. The van der Waals surface area contributed by atoms with Crippen molar-refractivity contribution in [2.45, 2.75) is 27.2 Å². The van der Waals surface area contributed by atoms with Crippen molar-refractivity contribution in [1.29, 1.82) is 0 Å². The summed E-state index contributed by atoms with van der Waals surface area (Å²) in [5.41, 5.74) is 5.77. The van der Waals surface area contributed by atoms with Crippen molar-refractivity contribution in [1.82, 2.24) is 14.8 Å². The minimum atomic E-state index is -0.0580. The summed E-state index contributed by atoms with van der Waals surface area (Å²) in [5.74, 6) is 1.49. The van der Waals surface area contributed by atoms with Gasteiger partial charge < -0.3 is 5.73 Å². The van der Waals surface area contributed by atoms with Crippen molar-refractivity contribution in [2.24, 2.45) is 23.2 Å². The fraction of sp³-hybridized carbons (Fsp3) is 0.700. The summed E-state index contributed by atoms with van der Waals surface area (Å²) in [7, 11) is 1.85. The summed E-state index contributed by atoms with van der Waals surface area (Å²) in [6.45, 7) is 6.79. The zero-order valence-corrected chi connectivity index (χ0v) is 9.86. The van der Waals surface area contributed by atoms with Crippen LogP contribution in [0.2, 0.25) is 0 Å². The van der Waals surface area contributed by atoms with Crippen molar-refractivity contribution in [3.63, 3.8) is 0 Å². The first-order chi connectivity index (χ1) is 6.89. The van der Waals surface area contributed by atoms with E-state index in [1.165, 1.54) is 0 Å². The van der Waals surface area contributed by atoms with E-state index in [0.717, 1.165) is 12.2 Å². The van der Waals surface area contributed by atoms with Crippen LogP contribution in [0.15, 0.2) is 11.3 Å². The lowest BCUT2D eigenvalue weighted by atomic mass is 9.95. The predicted octanol–water partition coefficient (Wildman–Crippen LogP) is 0.761. The molecule has 0 saturated heterocycles.